The Balaban J connectivity index is 1.73. The van der Waals surface area contributed by atoms with Crippen LogP contribution in [0.4, 0.5) is 5.69 Å². The third-order valence-corrected chi connectivity index (χ3v) is 3.77. The number of hydrogen-bond donors (Lipinski definition) is 2. The van der Waals surface area contributed by atoms with E-state index >= 15 is 0 Å². The molecule has 0 bridgehead atoms. The minimum atomic E-state index is 0.0258. The summed E-state index contributed by atoms with van der Waals surface area (Å²) in [6.45, 7) is 7.66. The van der Waals surface area contributed by atoms with Crippen LogP contribution >= 0.6 is 0 Å². The first-order valence-electron chi connectivity index (χ1n) is 8.05. The number of nitrogens with zero attached hydrogens (tertiary/aromatic N) is 3. The molecule has 6 nitrogen and oxygen atoms in total. The van der Waals surface area contributed by atoms with Crippen molar-refractivity contribution in [3.05, 3.63) is 42.0 Å². The van der Waals surface area contributed by atoms with Gasteiger partial charge in [-0.2, -0.15) is 0 Å². The molecule has 1 heterocycles. The number of nitrogens with one attached hydrogen (secondary N) is 2. The zero-order valence-electron chi connectivity index (χ0n) is 14.0. The Morgan fingerprint density at radius 2 is 2.13 bits per heavy atom. The zero-order valence-corrected chi connectivity index (χ0v) is 14.0. The first-order valence-corrected chi connectivity index (χ1v) is 8.05. The highest BCUT2D eigenvalue weighted by atomic mass is 16.1. The predicted octanol–water partition coefficient (Wildman–Crippen LogP) is 2.16. The zero-order chi connectivity index (χ0) is 16.7. The molecule has 1 aromatic carbocycles. The smallest absolute Gasteiger partial charge is 0.225 e. The number of aryl methyl sites for hydroxylation is 2. The van der Waals surface area contributed by atoms with Gasteiger partial charge in [-0.15, -0.1) is 10.2 Å². The quantitative estimate of drug-likeness (QED) is 0.783. The minimum Gasteiger partial charge on any atom is -0.326 e. The summed E-state index contributed by atoms with van der Waals surface area (Å²) in [7, 11) is 0. The molecule has 1 atom stereocenters. The molecular formula is C17H25N5O. The van der Waals surface area contributed by atoms with Gasteiger partial charge in [-0.05, 0) is 25.5 Å². The summed E-state index contributed by atoms with van der Waals surface area (Å²) in [6, 6.07) is 7.91. The van der Waals surface area contributed by atoms with Crippen molar-refractivity contribution in [3.63, 3.8) is 0 Å². The summed E-state index contributed by atoms with van der Waals surface area (Å²) in [6.07, 6.45) is 3.06. The molecule has 1 aromatic heterocycles. The summed E-state index contributed by atoms with van der Waals surface area (Å²) < 4.78 is 2.03. The van der Waals surface area contributed by atoms with E-state index in [1.807, 2.05) is 42.7 Å². The summed E-state index contributed by atoms with van der Waals surface area (Å²) in [4.78, 5) is 12.1. The number of aromatic nitrogens is 3. The van der Waals surface area contributed by atoms with E-state index in [9.17, 15) is 4.79 Å². The molecule has 0 aliphatic carbocycles. The highest BCUT2D eigenvalue weighted by Crippen LogP contribution is 2.13. The number of rotatable bonds is 8. The number of hydrogen-bond acceptors (Lipinski definition) is 4. The molecule has 6 heteroatoms. The second-order valence-corrected chi connectivity index (χ2v) is 5.72. The first-order chi connectivity index (χ1) is 11.1. The van der Waals surface area contributed by atoms with Gasteiger partial charge >= 0.3 is 0 Å². The summed E-state index contributed by atoms with van der Waals surface area (Å²) in [5.41, 5.74) is 1.95. The van der Waals surface area contributed by atoms with E-state index in [-0.39, 0.29) is 11.9 Å². The SMILES string of the molecule is CCc1nncn1CCNC(C)CC(=O)Nc1ccccc1C. The molecule has 0 saturated heterocycles. The number of anilines is 1. The fourth-order valence-electron chi connectivity index (χ4n) is 2.44. The van der Waals surface area contributed by atoms with Crippen LogP contribution in [-0.4, -0.2) is 33.3 Å². The Kier molecular flexibility index (Phi) is 6.29. The molecule has 0 spiro atoms. The summed E-state index contributed by atoms with van der Waals surface area (Å²) >= 11 is 0. The predicted molar refractivity (Wildman–Crippen MR) is 91.3 cm³/mol. The molecule has 124 valence electrons. The van der Waals surface area contributed by atoms with Crippen LogP contribution in [0.15, 0.2) is 30.6 Å². The second-order valence-electron chi connectivity index (χ2n) is 5.72. The number of benzene rings is 1. The Morgan fingerprint density at radius 3 is 2.87 bits per heavy atom. The van der Waals surface area contributed by atoms with Crippen LogP contribution in [0, 0.1) is 6.92 Å². The second kappa shape index (κ2) is 8.43. The summed E-state index contributed by atoms with van der Waals surface area (Å²) in [5.74, 6) is 1.01. The maximum absolute atomic E-state index is 12.1. The molecule has 1 unspecified atom stereocenters. The number of carbonyl (C=O) groups excluding carboxylic acids is 1. The van der Waals surface area contributed by atoms with E-state index in [0.29, 0.717) is 6.42 Å². The van der Waals surface area contributed by atoms with Crippen LogP contribution < -0.4 is 10.6 Å². The van der Waals surface area contributed by atoms with Crippen molar-refractivity contribution in [2.75, 3.05) is 11.9 Å². The third kappa shape index (κ3) is 5.17. The molecular weight excluding hydrogens is 290 g/mol. The van der Waals surface area contributed by atoms with Gasteiger partial charge in [0.2, 0.25) is 5.91 Å². The fraction of sp³-hybridized carbons (Fsp3) is 0.471. The standard InChI is InChI=1S/C17H25N5O/c1-4-16-21-19-12-22(16)10-9-18-14(3)11-17(23)20-15-8-6-5-7-13(15)2/h5-8,12,14,18H,4,9-11H2,1-3H3,(H,20,23). The van der Waals surface area contributed by atoms with Crippen LogP contribution in [0.3, 0.4) is 0 Å². The van der Waals surface area contributed by atoms with Crippen LogP contribution in [0.25, 0.3) is 0 Å². The molecule has 0 saturated carbocycles. The Morgan fingerprint density at radius 1 is 1.35 bits per heavy atom. The van der Waals surface area contributed by atoms with Gasteiger partial charge in [0.15, 0.2) is 0 Å². The first kappa shape index (κ1) is 17.1. The van der Waals surface area contributed by atoms with Crippen molar-refractivity contribution in [1.82, 2.24) is 20.1 Å². The van der Waals surface area contributed by atoms with Gasteiger partial charge in [0.25, 0.3) is 0 Å². The van der Waals surface area contributed by atoms with Crippen molar-refractivity contribution in [1.29, 1.82) is 0 Å². The average Bonchev–Trinajstić information content (AvgIpc) is 2.97. The van der Waals surface area contributed by atoms with Gasteiger partial charge < -0.3 is 15.2 Å². The number of para-hydroxylation sites is 1. The normalized spacial score (nSPS) is 12.1. The van der Waals surface area contributed by atoms with Crippen molar-refractivity contribution >= 4 is 11.6 Å². The van der Waals surface area contributed by atoms with E-state index in [1.54, 1.807) is 6.33 Å². The lowest BCUT2D eigenvalue weighted by atomic mass is 10.2. The largest absolute Gasteiger partial charge is 0.326 e. The fourth-order valence-corrected chi connectivity index (χ4v) is 2.44. The lowest BCUT2D eigenvalue weighted by Crippen LogP contribution is -2.33. The van der Waals surface area contributed by atoms with Gasteiger partial charge in [-0.3, -0.25) is 4.79 Å². The van der Waals surface area contributed by atoms with Gasteiger partial charge in [0.05, 0.1) is 0 Å². The highest BCUT2D eigenvalue weighted by molar-refractivity contribution is 5.91. The molecule has 2 aromatic rings. The van der Waals surface area contributed by atoms with Crippen LogP contribution in [0.1, 0.15) is 31.7 Å². The van der Waals surface area contributed by atoms with Crippen LogP contribution in [0.5, 0.6) is 0 Å². The van der Waals surface area contributed by atoms with E-state index in [0.717, 1.165) is 36.6 Å². The Labute approximate surface area is 137 Å². The van der Waals surface area contributed by atoms with E-state index in [4.69, 9.17) is 0 Å². The molecule has 0 fully saturated rings. The lowest BCUT2D eigenvalue weighted by Gasteiger charge is -2.15. The van der Waals surface area contributed by atoms with Gasteiger partial charge in [0.1, 0.15) is 12.2 Å². The number of carbonyl (C=O) groups is 1. The van der Waals surface area contributed by atoms with Crippen LogP contribution in [-0.2, 0) is 17.8 Å². The van der Waals surface area contributed by atoms with E-state index in [1.165, 1.54) is 0 Å². The van der Waals surface area contributed by atoms with E-state index in [2.05, 4.69) is 27.8 Å². The third-order valence-electron chi connectivity index (χ3n) is 3.77. The van der Waals surface area contributed by atoms with Crippen molar-refractivity contribution in [2.24, 2.45) is 0 Å². The molecule has 0 aliphatic heterocycles. The van der Waals surface area contributed by atoms with Gasteiger partial charge in [-0.1, -0.05) is 25.1 Å². The summed E-state index contributed by atoms with van der Waals surface area (Å²) in [5, 5.41) is 14.3. The molecule has 0 aliphatic rings. The van der Waals surface area contributed by atoms with Gasteiger partial charge in [-0.25, -0.2) is 0 Å². The lowest BCUT2D eigenvalue weighted by molar-refractivity contribution is -0.116. The van der Waals surface area contributed by atoms with Gasteiger partial charge in [0, 0.05) is 37.7 Å². The molecule has 2 rings (SSSR count). The van der Waals surface area contributed by atoms with Crippen molar-refractivity contribution in [2.45, 2.75) is 46.2 Å². The Bertz CT molecular complexity index is 637. The topological polar surface area (TPSA) is 71.8 Å². The monoisotopic (exact) mass is 315 g/mol. The molecule has 1 amide bonds. The van der Waals surface area contributed by atoms with Crippen LogP contribution in [0.2, 0.25) is 0 Å². The van der Waals surface area contributed by atoms with E-state index < -0.39 is 0 Å². The Hall–Kier alpha value is -2.21. The maximum Gasteiger partial charge on any atom is 0.225 e. The van der Waals surface area contributed by atoms with Crippen molar-refractivity contribution in [3.8, 4) is 0 Å². The molecule has 2 N–H and O–H groups in total. The molecule has 23 heavy (non-hydrogen) atoms. The minimum absolute atomic E-state index is 0.0258. The average molecular weight is 315 g/mol. The van der Waals surface area contributed by atoms with Crippen molar-refractivity contribution < 1.29 is 4.79 Å². The number of amides is 1. The molecule has 0 radical (unpaired) electrons. The maximum atomic E-state index is 12.1. The highest BCUT2D eigenvalue weighted by Gasteiger charge is 2.10.